The number of nitrogens with one attached hydrogen (secondary N) is 1. The van der Waals surface area contributed by atoms with Gasteiger partial charge in [0.15, 0.2) is 11.6 Å². The zero-order chi connectivity index (χ0) is 10.8. The number of rotatable bonds is 1. The summed E-state index contributed by atoms with van der Waals surface area (Å²) in [4.78, 5) is 0. The molecule has 0 radical (unpaired) electrons. The molecule has 1 heterocycles. The van der Waals surface area contributed by atoms with Gasteiger partial charge in [0.1, 0.15) is 11.9 Å². The molecule has 0 aromatic heterocycles. The van der Waals surface area contributed by atoms with Crippen LogP contribution in [0.4, 0.5) is 4.39 Å². The molecule has 1 atom stereocenters. The zero-order valence-corrected chi connectivity index (χ0v) is 8.03. The van der Waals surface area contributed by atoms with E-state index in [1.165, 1.54) is 6.07 Å². The van der Waals surface area contributed by atoms with Gasteiger partial charge in [-0.15, -0.1) is 0 Å². The minimum Gasteiger partial charge on any atom is -0.507 e. The first-order chi connectivity index (χ1) is 7.20. The second-order valence-electron chi connectivity index (χ2n) is 3.40. The number of phenols is 2. The van der Waals surface area contributed by atoms with Crippen LogP contribution in [0.2, 0.25) is 0 Å². The highest BCUT2D eigenvalue weighted by Crippen LogP contribution is 2.34. The molecule has 1 saturated heterocycles. The molecule has 0 spiro atoms. The summed E-state index contributed by atoms with van der Waals surface area (Å²) in [5.41, 5.74) is 0.0159. The average Bonchev–Trinajstić information content (AvgIpc) is 2.26. The Morgan fingerprint density at radius 1 is 1.33 bits per heavy atom. The number of morpholine rings is 1. The summed E-state index contributed by atoms with van der Waals surface area (Å²) in [7, 11) is 0. The minimum absolute atomic E-state index is 0.0159. The predicted molar refractivity (Wildman–Crippen MR) is 51.3 cm³/mol. The molecule has 1 aromatic rings. The first-order valence-electron chi connectivity index (χ1n) is 4.73. The second kappa shape index (κ2) is 4.04. The Morgan fingerprint density at radius 2 is 2.07 bits per heavy atom. The fraction of sp³-hybridized carbons (Fsp3) is 0.400. The van der Waals surface area contributed by atoms with E-state index in [1.807, 2.05) is 0 Å². The molecule has 1 aliphatic heterocycles. The van der Waals surface area contributed by atoms with Crippen LogP contribution in [-0.4, -0.2) is 29.9 Å². The highest BCUT2D eigenvalue weighted by atomic mass is 19.1. The Balaban J connectivity index is 2.36. The molecule has 1 aliphatic rings. The average molecular weight is 213 g/mol. The standard InChI is InChI=1S/C10H12FNO3/c11-10-7(14)2-1-6(13)9(10)8-5-12-3-4-15-8/h1-2,8,12-14H,3-5H2. The third kappa shape index (κ3) is 1.88. The molecule has 5 heteroatoms. The van der Waals surface area contributed by atoms with Crippen molar-refractivity contribution in [1.82, 2.24) is 5.32 Å². The number of hydrogen-bond donors (Lipinski definition) is 3. The van der Waals surface area contributed by atoms with Gasteiger partial charge >= 0.3 is 0 Å². The normalized spacial score (nSPS) is 21.5. The van der Waals surface area contributed by atoms with Crippen LogP contribution in [0.3, 0.4) is 0 Å². The molecule has 0 amide bonds. The number of ether oxygens (including phenoxy) is 1. The van der Waals surface area contributed by atoms with E-state index in [0.717, 1.165) is 6.07 Å². The van der Waals surface area contributed by atoms with Crippen LogP contribution in [0, 0.1) is 5.82 Å². The second-order valence-corrected chi connectivity index (χ2v) is 3.40. The largest absolute Gasteiger partial charge is 0.507 e. The van der Waals surface area contributed by atoms with Gasteiger partial charge in [0.2, 0.25) is 0 Å². The molecule has 15 heavy (non-hydrogen) atoms. The summed E-state index contributed by atoms with van der Waals surface area (Å²) in [6.07, 6.45) is -0.550. The number of hydrogen-bond acceptors (Lipinski definition) is 4. The maximum absolute atomic E-state index is 13.5. The topological polar surface area (TPSA) is 61.7 Å². The lowest BCUT2D eigenvalue weighted by Crippen LogP contribution is -2.33. The van der Waals surface area contributed by atoms with Crippen molar-refractivity contribution in [2.75, 3.05) is 19.7 Å². The maximum Gasteiger partial charge on any atom is 0.174 e. The van der Waals surface area contributed by atoms with E-state index in [0.29, 0.717) is 19.7 Å². The fourth-order valence-electron chi connectivity index (χ4n) is 1.63. The highest BCUT2D eigenvalue weighted by molar-refractivity contribution is 5.42. The van der Waals surface area contributed by atoms with E-state index in [1.54, 1.807) is 0 Å². The highest BCUT2D eigenvalue weighted by Gasteiger charge is 2.24. The Labute approximate surface area is 86.3 Å². The van der Waals surface area contributed by atoms with Gasteiger partial charge < -0.3 is 20.3 Å². The third-order valence-corrected chi connectivity index (χ3v) is 2.39. The smallest absolute Gasteiger partial charge is 0.174 e. The molecule has 0 aliphatic carbocycles. The van der Waals surface area contributed by atoms with Crippen molar-refractivity contribution >= 4 is 0 Å². The Kier molecular flexibility index (Phi) is 2.75. The fourth-order valence-corrected chi connectivity index (χ4v) is 1.63. The first-order valence-corrected chi connectivity index (χ1v) is 4.73. The van der Waals surface area contributed by atoms with Gasteiger partial charge in [-0.3, -0.25) is 0 Å². The van der Waals surface area contributed by atoms with Crippen LogP contribution in [-0.2, 0) is 4.74 Å². The van der Waals surface area contributed by atoms with E-state index in [4.69, 9.17) is 4.74 Å². The predicted octanol–water partition coefficient (Wildman–Crippen LogP) is 0.898. The van der Waals surface area contributed by atoms with Gasteiger partial charge in [0.25, 0.3) is 0 Å². The lowest BCUT2D eigenvalue weighted by Gasteiger charge is -2.24. The van der Waals surface area contributed by atoms with Gasteiger partial charge in [0, 0.05) is 13.1 Å². The van der Waals surface area contributed by atoms with Crippen molar-refractivity contribution in [1.29, 1.82) is 0 Å². The summed E-state index contributed by atoms with van der Waals surface area (Å²) < 4.78 is 18.8. The van der Waals surface area contributed by atoms with Crippen molar-refractivity contribution in [2.45, 2.75) is 6.10 Å². The summed E-state index contributed by atoms with van der Waals surface area (Å²) in [5, 5.41) is 21.7. The van der Waals surface area contributed by atoms with Crippen molar-refractivity contribution < 1.29 is 19.3 Å². The molecule has 1 unspecified atom stereocenters. The zero-order valence-electron chi connectivity index (χ0n) is 8.03. The van der Waals surface area contributed by atoms with Crippen LogP contribution in [0.15, 0.2) is 12.1 Å². The molecule has 0 saturated carbocycles. The van der Waals surface area contributed by atoms with Gasteiger partial charge in [-0.1, -0.05) is 0 Å². The summed E-state index contributed by atoms with van der Waals surface area (Å²) >= 11 is 0. The number of benzene rings is 1. The number of aromatic hydroxyl groups is 2. The van der Waals surface area contributed by atoms with E-state index in [2.05, 4.69) is 5.32 Å². The van der Waals surface area contributed by atoms with Gasteiger partial charge in [-0.25, -0.2) is 4.39 Å². The van der Waals surface area contributed by atoms with E-state index in [-0.39, 0.29) is 11.3 Å². The van der Waals surface area contributed by atoms with Crippen LogP contribution in [0.5, 0.6) is 11.5 Å². The summed E-state index contributed by atoms with van der Waals surface area (Å²) in [6.45, 7) is 1.59. The first kappa shape index (κ1) is 10.2. The molecule has 4 nitrogen and oxygen atoms in total. The number of halogens is 1. The molecule has 1 fully saturated rings. The van der Waals surface area contributed by atoms with Crippen LogP contribution >= 0.6 is 0 Å². The number of phenolic OH excluding ortho intramolecular Hbond substituents is 2. The van der Waals surface area contributed by atoms with Crippen LogP contribution < -0.4 is 5.32 Å². The molecule has 3 N–H and O–H groups in total. The van der Waals surface area contributed by atoms with Gasteiger partial charge in [-0.05, 0) is 12.1 Å². The quantitative estimate of drug-likeness (QED) is 0.606. The SMILES string of the molecule is Oc1ccc(O)c(C2CNCCO2)c1F. The molecule has 82 valence electrons. The Bertz CT molecular complexity index is 364. The van der Waals surface area contributed by atoms with Gasteiger partial charge in [0.05, 0.1) is 12.2 Å². The lowest BCUT2D eigenvalue weighted by atomic mass is 10.1. The lowest BCUT2D eigenvalue weighted by molar-refractivity contribution is 0.0238. The Hall–Kier alpha value is -1.33. The van der Waals surface area contributed by atoms with E-state index >= 15 is 0 Å². The van der Waals surface area contributed by atoms with E-state index in [9.17, 15) is 14.6 Å². The van der Waals surface area contributed by atoms with Gasteiger partial charge in [-0.2, -0.15) is 0 Å². The van der Waals surface area contributed by atoms with Crippen molar-refractivity contribution in [2.24, 2.45) is 0 Å². The minimum atomic E-state index is -0.816. The maximum atomic E-state index is 13.5. The van der Waals surface area contributed by atoms with Crippen LogP contribution in [0.1, 0.15) is 11.7 Å². The summed E-state index contributed by atoms with van der Waals surface area (Å²) in [6, 6.07) is 2.37. The molecular weight excluding hydrogens is 201 g/mol. The Morgan fingerprint density at radius 3 is 2.73 bits per heavy atom. The monoisotopic (exact) mass is 213 g/mol. The van der Waals surface area contributed by atoms with Crippen molar-refractivity contribution in [3.05, 3.63) is 23.5 Å². The van der Waals surface area contributed by atoms with E-state index < -0.39 is 17.7 Å². The third-order valence-electron chi connectivity index (χ3n) is 2.39. The summed E-state index contributed by atoms with van der Waals surface area (Å²) in [5.74, 6) is -1.49. The molecular formula is C10H12FNO3. The van der Waals surface area contributed by atoms with Crippen LogP contribution in [0.25, 0.3) is 0 Å². The molecule has 0 bridgehead atoms. The van der Waals surface area contributed by atoms with Crippen molar-refractivity contribution in [3.8, 4) is 11.5 Å². The van der Waals surface area contributed by atoms with Crippen molar-refractivity contribution in [3.63, 3.8) is 0 Å². The molecule has 1 aromatic carbocycles. The molecule has 2 rings (SSSR count).